The maximum Gasteiger partial charge on any atom is 0.0387 e. The molecule has 0 aliphatic carbocycles. The summed E-state index contributed by atoms with van der Waals surface area (Å²) in [6, 6.07) is 8.30. The molecule has 0 fully saturated rings. The lowest BCUT2D eigenvalue weighted by Gasteiger charge is -2.14. The van der Waals surface area contributed by atoms with Crippen molar-refractivity contribution in [3.05, 3.63) is 35.4 Å². The first kappa shape index (κ1) is 16.4. The molecule has 2 atom stereocenters. The van der Waals surface area contributed by atoms with Crippen molar-refractivity contribution in [3.8, 4) is 0 Å². The number of rotatable bonds is 8. The van der Waals surface area contributed by atoms with Crippen LogP contribution in [-0.2, 0) is 12.8 Å². The maximum atomic E-state index is 6.25. The molecular formula is C14H18Cl4. The Hall–Kier alpha value is 0.380. The van der Waals surface area contributed by atoms with Crippen molar-refractivity contribution < 1.29 is 0 Å². The van der Waals surface area contributed by atoms with Crippen LogP contribution in [0.15, 0.2) is 24.3 Å². The minimum atomic E-state index is 0.0884. The number of benzene rings is 1. The first-order chi connectivity index (χ1) is 8.67. The molecule has 1 aromatic rings. The van der Waals surface area contributed by atoms with Crippen molar-refractivity contribution in [1.82, 2.24) is 0 Å². The van der Waals surface area contributed by atoms with E-state index in [1.165, 1.54) is 11.1 Å². The van der Waals surface area contributed by atoms with Crippen LogP contribution in [0.2, 0.25) is 0 Å². The quantitative estimate of drug-likeness (QED) is 0.572. The van der Waals surface area contributed by atoms with Gasteiger partial charge in [-0.3, -0.25) is 0 Å². The van der Waals surface area contributed by atoms with E-state index in [0.29, 0.717) is 11.8 Å². The molecule has 4 heteroatoms. The van der Waals surface area contributed by atoms with Gasteiger partial charge in [0.15, 0.2) is 0 Å². The fraction of sp³-hybridized carbons (Fsp3) is 0.571. The summed E-state index contributed by atoms with van der Waals surface area (Å²) in [6.45, 7) is 0. The van der Waals surface area contributed by atoms with Gasteiger partial charge in [-0.1, -0.05) is 24.3 Å². The van der Waals surface area contributed by atoms with Gasteiger partial charge in [0, 0.05) is 22.5 Å². The standard InChI is InChI=1S/C14H18Cl4/c15-7-5-13(17)9-11-3-1-2-4-12(11)10-14(18)6-8-16/h1-4,13-14H,5-10H2. The summed E-state index contributed by atoms with van der Waals surface area (Å²) in [4.78, 5) is 0. The Morgan fingerprint density at radius 3 is 1.50 bits per heavy atom. The van der Waals surface area contributed by atoms with Crippen LogP contribution in [0.3, 0.4) is 0 Å². The van der Waals surface area contributed by atoms with Crippen molar-refractivity contribution in [1.29, 1.82) is 0 Å². The molecule has 0 heterocycles. The highest BCUT2D eigenvalue weighted by molar-refractivity contribution is 6.22. The van der Waals surface area contributed by atoms with Crippen molar-refractivity contribution in [2.75, 3.05) is 11.8 Å². The molecule has 0 amide bonds. The molecule has 0 aromatic heterocycles. The Labute approximate surface area is 130 Å². The van der Waals surface area contributed by atoms with Gasteiger partial charge in [0.2, 0.25) is 0 Å². The maximum absolute atomic E-state index is 6.25. The summed E-state index contributed by atoms with van der Waals surface area (Å²) >= 11 is 23.9. The van der Waals surface area contributed by atoms with Gasteiger partial charge in [-0.2, -0.15) is 0 Å². The van der Waals surface area contributed by atoms with E-state index in [1.807, 2.05) is 12.1 Å². The highest BCUT2D eigenvalue weighted by atomic mass is 35.5. The van der Waals surface area contributed by atoms with Crippen LogP contribution >= 0.6 is 46.4 Å². The Balaban J connectivity index is 2.66. The van der Waals surface area contributed by atoms with E-state index in [1.54, 1.807) is 0 Å². The molecular weight excluding hydrogens is 310 g/mol. The Morgan fingerprint density at radius 2 is 1.17 bits per heavy atom. The zero-order valence-electron chi connectivity index (χ0n) is 10.2. The molecule has 1 rings (SSSR count). The van der Waals surface area contributed by atoms with Crippen LogP contribution < -0.4 is 0 Å². The van der Waals surface area contributed by atoms with Gasteiger partial charge in [0.25, 0.3) is 0 Å². The number of hydrogen-bond donors (Lipinski definition) is 0. The van der Waals surface area contributed by atoms with Crippen LogP contribution in [-0.4, -0.2) is 22.5 Å². The third-order valence-corrected chi connectivity index (χ3v) is 4.03. The molecule has 102 valence electrons. The van der Waals surface area contributed by atoms with Crippen LogP contribution in [0.25, 0.3) is 0 Å². The fourth-order valence-corrected chi connectivity index (χ4v) is 3.17. The van der Waals surface area contributed by atoms with E-state index in [4.69, 9.17) is 46.4 Å². The van der Waals surface area contributed by atoms with E-state index in [0.717, 1.165) is 25.7 Å². The van der Waals surface area contributed by atoms with Crippen LogP contribution in [0.5, 0.6) is 0 Å². The van der Waals surface area contributed by atoms with Crippen LogP contribution in [0.1, 0.15) is 24.0 Å². The molecule has 0 aliphatic heterocycles. The largest absolute Gasteiger partial charge is 0.127 e. The summed E-state index contributed by atoms with van der Waals surface area (Å²) in [5.41, 5.74) is 2.53. The van der Waals surface area contributed by atoms with Gasteiger partial charge in [0.1, 0.15) is 0 Å². The lowest BCUT2D eigenvalue weighted by Crippen LogP contribution is -2.10. The van der Waals surface area contributed by atoms with Gasteiger partial charge >= 0.3 is 0 Å². The summed E-state index contributed by atoms with van der Waals surface area (Å²) in [6.07, 6.45) is 3.33. The molecule has 1 aromatic carbocycles. The van der Waals surface area contributed by atoms with E-state index in [-0.39, 0.29) is 10.8 Å². The fourth-order valence-electron chi connectivity index (χ4n) is 1.87. The molecule has 0 spiro atoms. The second-order valence-corrected chi connectivity index (χ2v) is 6.32. The average molecular weight is 328 g/mol. The summed E-state index contributed by atoms with van der Waals surface area (Å²) in [7, 11) is 0. The molecule has 0 aliphatic rings. The lowest BCUT2D eigenvalue weighted by molar-refractivity contribution is 0.772. The lowest BCUT2D eigenvalue weighted by atomic mass is 9.98. The third kappa shape index (κ3) is 6.02. The monoisotopic (exact) mass is 326 g/mol. The zero-order chi connectivity index (χ0) is 13.4. The Bertz CT molecular complexity index is 307. The van der Waals surface area contributed by atoms with Gasteiger partial charge in [0.05, 0.1) is 0 Å². The molecule has 2 unspecified atom stereocenters. The second-order valence-electron chi connectivity index (χ2n) is 4.33. The van der Waals surface area contributed by atoms with Crippen molar-refractivity contribution >= 4 is 46.4 Å². The predicted octanol–water partition coefficient (Wildman–Crippen LogP) is 5.24. The van der Waals surface area contributed by atoms with Crippen molar-refractivity contribution in [2.24, 2.45) is 0 Å². The van der Waals surface area contributed by atoms with E-state index < -0.39 is 0 Å². The molecule has 0 bridgehead atoms. The third-order valence-electron chi connectivity index (χ3n) is 2.85. The average Bonchev–Trinajstić information content (AvgIpc) is 2.32. The molecule has 0 saturated heterocycles. The highest BCUT2D eigenvalue weighted by Gasteiger charge is 2.12. The molecule has 18 heavy (non-hydrogen) atoms. The predicted molar refractivity (Wildman–Crippen MR) is 83.8 cm³/mol. The minimum absolute atomic E-state index is 0.0884. The van der Waals surface area contributed by atoms with E-state index in [9.17, 15) is 0 Å². The summed E-state index contributed by atoms with van der Waals surface area (Å²) in [5, 5.41) is 0.177. The first-order valence-corrected chi connectivity index (χ1v) is 8.08. The molecule has 0 nitrogen and oxygen atoms in total. The Morgan fingerprint density at radius 1 is 0.778 bits per heavy atom. The highest BCUT2D eigenvalue weighted by Crippen LogP contribution is 2.20. The van der Waals surface area contributed by atoms with Gasteiger partial charge in [-0.25, -0.2) is 0 Å². The topological polar surface area (TPSA) is 0 Å². The number of alkyl halides is 4. The van der Waals surface area contributed by atoms with E-state index in [2.05, 4.69) is 12.1 Å². The van der Waals surface area contributed by atoms with Crippen molar-refractivity contribution in [3.63, 3.8) is 0 Å². The summed E-state index contributed by atoms with van der Waals surface area (Å²) < 4.78 is 0. The zero-order valence-corrected chi connectivity index (χ0v) is 13.2. The number of halogens is 4. The van der Waals surface area contributed by atoms with E-state index >= 15 is 0 Å². The van der Waals surface area contributed by atoms with Gasteiger partial charge < -0.3 is 0 Å². The minimum Gasteiger partial charge on any atom is -0.127 e. The summed E-state index contributed by atoms with van der Waals surface area (Å²) in [5.74, 6) is 1.20. The normalized spacial score (nSPS) is 14.4. The Kier molecular flexibility index (Phi) is 8.50. The SMILES string of the molecule is ClCCC(Cl)Cc1ccccc1CC(Cl)CCCl. The van der Waals surface area contributed by atoms with Crippen LogP contribution in [0, 0.1) is 0 Å². The first-order valence-electron chi connectivity index (χ1n) is 6.14. The van der Waals surface area contributed by atoms with Gasteiger partial charge in [-0.15, -0.1) is 46.4 Å². The second kappa shape index (κ2) is 9.31. The molecule has 0 radical (unpaired) electrons. The molecule has 0 N–H and O–H groups in total. The van der Waals surface area contributed by atoms with Crippen molar-refractivity contribution in [2.45, 2.75) is 36.4 Å². The smallest absolute Gasteiger partial charge is 0.0387 e. The molecule has 0 saturated carbocycles. The number of hydrogen-bond acceptors (Lipinski definition) is 0. The van der Waals surface area contributed by atoms with Gasteiger partial charge in [-0.05, 0) is 36.8 Å². The van der Waals surface area contributed by atoms with Crippen LogP contribution in [0.4, 0.5) is 0 Å².